The Kier molecular flexibility index (Phi) is 4.16. The van der Waals surface area contributed by atoms with Crippen molar-refractivity contribution in [3.05, 3.63) is 29.3 Å². The number of benzene rings is 1. The van der Waals surface area contributed by atoms with Crippen LogP contribution in [0.15, 0.2) is 12.1 Å². The molecule has 5 nitrogen and oxygen atoms in total. The van der Waals surface area contributed by atoms with Crippen molar-refractivity contribution in [2.45, 2.75) is 19.3 Å². The van der Waals surface area contributed by atoms with Gasteiger partial charge in [-0.25, -0.2) is 13.6 Å². The zero-order chi connectivity index (χ0) is 14.7. The van der Waals surface area contributed by atoms with Gasteiger partial charge in [0.1, 0.15) is 0 Å². The molecular weight excluding hydrogens is 268 g/mol. The van der Waals surface area contributed by atoms with Crippen LogP contribution in [0.1, 0.15) is 18.4 Å². The lowest BCUT2D eigenvalue weighted by molar-refractivity contribution is -0.119. The van der Waals surface area contributed by atoms with Crippen molar-refractivity contribution in [3.63, 3.8) is 0 Å². The number of amides is 3. The maximum Gasteiger partial charge on any atom is 0.318 e. The van der Waals surface area contributed by atoms with E-state index in [1.165, 1.54) is 6.07 Å². The number of anilines is 1. The summed E-state index contributed by atoms with van der Waals surface area (Å²) >= 11 is 0. The molecular formula is C13H15F2N3O2. The number of urea groups is 1. The molecule has 0 spiro atoms. The molecule has 1 aliphatic rings. The minimum Gasteiger partial charge on any atom is -0.371 e. The minimum absolute atomic E-state index is 0.0569. The second kappa shape index (κ2) is 5.85. The van der Waals surface area contributed by atoms with E-state index in [0.29, 0.717) is 25.2 Å². The van der Waals surface area contributed by atoms with E-state index in [1.54, 1.807) is 0 Å². The summed E-state index contributed by atoms with van der Waals surface area (Å²) in [4.78, 5) is 23.7. The number of carbonyl (C=O) groups is 2. The molecule has 7 heteroatoms. The third-order valence-corrected chi connectivity index (χ3v) is 3.21. The number of hydrogen-bond acceptors (Lipinski definition) is 3. The van der Waals surface area contributed by atoms with Crippen LogP contribution in [0.3, 0.4) is 0 Å². The molecule has 0 saturated heterocycles. The van der Waals surface area contributed by atoms with Gasteiger partial charge in [-0.1, -0.05) is 0 Å². The molecule has 0 bridgehead atoms. The first kappa shape index (κ1) is 14.2. The summed E-state index contributed by atoms with van der Waals surface area (Å²) in [6, 6.07) is 1.44. The van der Waals surface area contributed by atoms with Crippen LogP contribution < -0.4 is 16.0 Å². The van der Waals surface area contributed by atoms with E-state index in [4.69, 9.17) is 5.73 Å². The first-order valence-corrected chi connectivity index (χ1v) is 6.29. The van der Waals surface area contributed by atoms with Crippen molar-refractivity contribution in [3.8, 4) is 0 Å². The maximum absolute atomic E-state index is 13.3. The van der Waals surface area contributed by atoms with Crippen LogP contribution in [0, 0.1) is 11.6 Å². The van der Waals surface area contributed by atoms with Gasteiger partial charge in [0, 0.05) is 31.3 Å². The van der Waals surface area contributed by atoms with Crippen LogP contribution in [0.4, 0.5) is 19.3 Å². The predicted octanol–water partition coefficient (Wildman–Crippen LogP) is 1.30. The molecule has 3 amide bonds. The molecule has 0 unspecified atom stereocenters. The molecule has 1 aromatic carbocycles. The van der Waals surface area contributed by atoms with Gasteiger partial charge < -0.3 is 10.6 Å². The van der Waals surface area contributed by atoms with Gasteiger partial charge in [0.05, 0.1) is 0 Å². The highest BCUT2D eigenvalue weighted by molar-refractivity contribution is 5.93. The largest absolute Gasteiger partial charge is 0.371 e. The summed E-state index contributed by atoms with van der Waals surface area (Å²) in [5.74, 6) is -2.26. The predicted molar refractivity (Wildman–Crippen MR) is 69.2 cm³/mol. The van der Waals surface area contributed by atoms with Crippen molar-refractivity contribution in [2.24, 2.45) is 5.73 Å². The monoisotopic (exact) mass is 283 g/mol. The zero-order valence-corrected chi connectivity index (χ0v) is 10.8. The number of primary amides is 1. The van der Waals surface area contributed by atoms with Gasteiger partial charge in [-0.3, -0.25) is 10.1 Å². The van der Waals surface area contributed by atoms with Gasteiger partial charge in [-0.2, -0.15) is 0 Å². The Morgan fingerprint density at radius 2 is 2.00 bits per heavy atom. The summed E-state index contributed by atoms with van der Waals surface area (Å²) in [6.45, 7) is 0.971. The molecule has 0 saturated carbocycles. The Hall–Kier alpha value is -2.18. The summed E-state index contributed by atoms with van der Waals surface area (Å²) in [5, 5.41) is 1.97. The highest BCUT2D eigenvalue weighted by atomic mass is 19.2. The summed E-state index contributed by atoms with van der Waals surface area (Å²) in [6.07, 6.45) is 1.54. The lowest BCUT2D eigenvalue weighted by Crippen LogP contribution is -2.38. The third-order valence-electron chi connectivity index (χ3n) is 3.21. The number of imide groups is 1. The molecule has 3 N–H and O–H groups in total. The first-order valence-electron chi connectivity index (χ1n) is 6.29. The van der Waals surface area contributed by atoms with Crippen molar-refractivity contribution in [2.75, 3.05) is 18.0 Å². The van der Waals surface area contributed by atoms with E-state index in [0.717, 1.165) is 18.1 Å². The molecule has 1 heterocycles. The van der Waals surface area contributed by atoms with Crippen molar-refractivity contribution < 1.29 is 18.4 Å². The van der Waals surface area contributed by atoms with E-state index < -0.39 is 23.6 Å². The molecule has 108 valence electrons. The van der Waals surface area contributed by atoms with E-state index in [1.807, 2.05) is 10.2 Å². The minimum atomic E-state index is -0.905. The molecule has 0 atom stereocenters. The van der Waals surface area contributed by atoms with Gasteiger partial charge in [0.15, 0.2) is 11.6 Å². The summed E-state index contributed by atoms with van der Waals surface area (Å²) < 4.78 is 26.5. The van der Waals surface area contributed by atoms with Crippen molar-refractivity contribution >= 4 is 17.6 Å². The Bertz CT molecular complexity index is 549. The Balaban J connectivity index is 2.07. The second-order valence-corrected chi connectivity index (χ2v) is 4.65. The standard InChI is InChI=1S/C13H15F2N3O2/c14-9-6-8-2-1-4-18(11(8)7-10(9)15)5-3-12(19)17-13(16)20/h6-7H,1-5H2,(H3,16,17,19,20). The second-order valence-electron chi connectivity index (χ2n) is 4.65. The van der Waals surface area contributed by atoms with Crippen LogP contribution in [0.5, 0.6) is 0 Å². The molecule has 0 fully saturated rings. The average molecular weight is 283 g/mol. The highest BCUT2D eigenvalue weighted by Crippen LogP contribution is 2.29. The lowest BCUT2D eigenvalue weighted by Gasteiger charge is -2.31. The van der Waals surface area contributed by atoms with Gasteiger partial charge in [-0.05, 0) is 24.5 Å². The molecule has 0 radical (unpaired) electrons. The molecule has 0 aliphatic carbocycles. The number of carbonyl (C=O) groups excluding carboxylic acids is 2. The normalized spacial score (nSPS) is 13.8. The number of hydrogen-bond donors (Lipinski definition) is 2. The number of rotatable bonds is 3. The quantitative estimate of drug-likeness (QED) is 0.878. The number of fused-ring (bicyclic) bond motifs is 1. The van der Waals surface area contributed by atoms with Crippen LogP contribution in [0.25, 0.3) is 0 Å². The molecule has 1 aliphatic heterocycles. The topological polar surface area (TPSA) is 75.4 Å². The van der Waals surface area contributed by atoms with Gasteiger partial charge in [0.2, 0.25) is 5.91 Å². The maximum atomic E-state index is 13.3. The van der Waals surface area contributed by atoms with E-state index in [-0.39, 0.29) is 6.42 Å². The fraction of sp³-hybridized carbons (Fsp3) is 0.385. The van der Waals surface area contributed by atoms with Crippen LogP contribution in [-0.4, -0.2) is 25.0 Å². The average Bonchev–Trinajstić information content (AvgIpc) is 2.37. The number of nitrogens with two attached hydrogens (primary N) is 1. The molecule has 0 aromatic heterocycles. The zero-order valence-electron chi connectivity index (χ0n) is 10.8. The van der Waals surface area contributed by atoms with Crippen LogP contribution >= 0.6 is 0 Å². The van der Waals surface area contributed by atoms with E-state index in [2.05, 4.69) is 0 Å². The summed E-state index contributed by atoms with van der Waals surface area (Å²) in [5.41, 5.74) is 6.17. The van der Waals surface area contributed by atoms with Crippen molar-refractivity contribution in [1.29, 1.82) is 0 Å². The fourth-order valence-electron chi connectivity index (χ4n) is 2.32. The van der Waals surface area contributed by atoms with Crippen LogP contribution in [-0.2, 0) is 11.2 Å². The Morgan fingerprint density at radius 3 is 2.70 bits per heavy atom. The molecule has 1 aromatic rings. The third kappa shape index (κ3) is 3.23. The highest BCUT2D eigenvalue weighted by Gasteiger charge is 2.20. The molecule has 20 heavy (non-hydrogen) atoms. The number of nitrogens with one attached hydrogen (secondary N) is 1. The lowest BCUT2D eigenvalue weighted by atomic mass is 10.0. The van der Waals surface area contributed by atoms with Crippen molar-refractivity contribution in [1.82, 2.24) is 5.32 Å². The van der Waals surface area contributed by atoms with Gasteiger partial charge >= 0.3 is 6.03 Å². The SMILES string of the molecule is NC(=O)NC(=O)CCN1CCCc2cc(F)c(F)cc21. The number of halogens is 2. The first-order chi connectivity index (χ1) is 9.47. The smallest absolute Gasteiger partial charge is 0.318 e. The summed E-state index contributed by atoms with van der Waals surface area (Å²) in [7, 11) is 0. The van der Waals surface area contributed by atoms with Gasteiger partial charge in [-0.15, -0.1) is 0 Å². The molecule has 2 rings (SSSR count). The van der Waals surface area contributed by atoms with E-state index >= 15 is 0 Å². The number of aryl methyl sites for hydroxylation is 1. The Morgan fingerprint density at radius 1 is 1.30 bits per heavy atom. The van der Waals surface area contributed by atoms with E-state index in [9.17, 15) is 18.4 Å². The fourth-order valence-corrected chi connectivity index (χ4v) is 2.32. The number of nitrogens with zero attached hydrogens (tertiary/aromatic N) is 1. The van der Waals surface area contributed by atoms with Crippen LogP contribution in [0.2, 0.25) is 0 Å². The Labute approximate surface area is 114 Å². The van der Waals surface area contributed by atoms with Gasteiger partial charge in [0.25, 0.3) is 0 Å².